The van der Waals surface area contributed by atoms with Gasteiger partial charge in [0.15, 0.2) is 0 Å². The number of carbonyl (C=O) groups is 1. The van der Waals surface area contributed by atoms with Crippen LogP contribution in [0.25, 0.3) is 0 Å². The summed E-state index contributed by atoms with van der Waals surface area (Å²) in [5.74, 6) is -1.18. The lowest BCUT2D eigenvalue weighted by atomic mass is 9.91. The molecule has 0 amide bonds. The van der Waals surface area contributed by atoms with Crippen LogP contribution in [-0.4, -0.2) is 23.3 Å². The number of rotatable bonds is 4. The number of halogens is 1. The van der Waals surface area contributed by atoms with Crippen LogP contribution in [0.1, 0.15) is 20.3 Å². The zero-order valence-electron chi connectivity index (χ0n) is 6.80. The van der Waals surface area contributed by atoms with Gasteiger partial charge in [-0.3, -0.25) is 4.79 Å². The smallest absolute Gasteiger partial charge is 0.326 e. The normalized spacial score (nSPS) is 16.5. The van der Waals surface area contributed by atoms with Gasteiger partial charge in [-0.05, 0) is 12.3 Å². The molecule has 3 nitrogen and oxygen atoms in total. The number of carboxylic acid groups (broad SMARTS) is 1. The molecule has 11 heavy (non-hydrogen) atoms. The minimum atomic E-state index is -1.69. The number of aliphatic carboxylic acids is 1. The standard InChI is InChI=1S/C7H14FNO2/c1-5(2)3-7(9,4-8)6(10)11/h5H,3-4,9H2,1-2H3,(H,10,11)/t7-/m1/s1. The second-order valence-corrected chi connectivity index (χ2v) is 3.19. The van der Waals surface area contributed by atoms with Crippen molar-refractivity contribution in [2.75, 3.05) is 6.67 Å². The maximum atomic E-state index is 12.1. The molecule has 0 aromatic heterocycles. The highest BCUT2D eigenvalue weighted by molar-refractivity contribution is 5.78. The molecule has 0 rings (SSSR count). The van der Waals surface area contributed by atoms with Crippen LogP contribution in [0.4, 0.5) is 4.39 Å². The van der Waals surface area contributed by atoms with Crippen LogP contribution < -0.4 is 5.73 Å². The van der Waals surface area contributed by atoms with Crippen molar-refractivity contribution < 1.29 is 14.3 Å². The molecule has 0 aliphatic rings. The molecule has 1 atom stereocenters. The Morgan fingerprint density at radius 3 is 2.27 bits per heavy atom. The van der Waals surface area contributed by atoms with Crippen molar-refractivity contribution in [3.8, 4) is 0 Å². The minimum Gasteiger partial charge on any atom is -0.480 e. The molecule has 0 aliphatic heterocycles. The summed E-state index contributed by atoms with van der Waals surface area (Å²) in [5, 5.41) is 8.52. The van der Waals surface area contributed by atoms with Gasteiger partial charge in [0.25, 0.3) is 0 Å². The number of nitrogens with two attached hydrogens (primary N) is 1. The third-order valence-corrected chi connectivity index (χ3v) is 1.44. The first-order valence-corrected chi connectivity index (χ1v) is 3.50. The van der Waals surface area contributed by atoms with E-state index in [1.54, 1.807) is 13.8 Å². The van der Waals surface area contributed by atoms with Crippen molar-refractivity contribution in [2.24, 2.45) is 11.7 Å². The third-order valence-electron chi connectivity index (χ3n) is 1.44. The van der Waals surface area contributed by atoms with Gasteiger partial charge in [-0.15, -0.1) is 0 Å². The van der Waals surface area contributed by atoms with Crippen molar-refractivity contribution >= 4 is 5.97 Å². The summed E-state index contributed by atoms with van der Waals surface area (Å²) >= 11 is 0. The molecule has 4 heteroatoms. The summed E-state index contributed by atoms with van der Waals surface area (Å²) < 4.78 is 12.1. The van der Waals surface area contributed by atoms with Gasteiger partial charge in [0.05, 0.1) is 0 Å². The van der Waals surface area contributed by atoms with Gasteiger partial charge < -0.3 is 10.8 Å². The fraction of sp³-hybridized carbons (Fsp3) is 0.857. The summed E-state index contributed by atoms with van der Waals surface area (Å²) in [7, 11) is 0. The van der Waals surface area contributed by atoms with E-state index < -0.39 is 18.2 Å². The molecule has 0 saturated heterocycles. The van der Waals surface area contributed by atoms with Crippen LogP contribution in [0.3, 0.4) is 0 Å². The molecule has 3 N–H and O–H groups in total. The molecule has 0 fully saturated rings. The Hall–Kier alpha value is -0.640. The minimum absolute atomic E-state index is 0.0897. The van der Waals surface area contributed by atoms with Crippen LogP contribution in [0.5, 0.6) is 0 Å². The van der Waals surface area contributed by atoms with Gasteiger partial charge in [-0.25, -0.2) is 4.39 Å². The zero-order valence-corrected chi connectivity index (χ0v) is 6.80. The number of alkyl halides is 1. The molecule has 66 valence electrons. The molecule has 0 radical (unpaired) electrons. The van der Waals surface area contributed by atoms with Gasteiger partial charge in [0.2, 0.25) is 0 Å². The summed E-state index contributed by atoms with van der Waals surface area (Å²) in [4.78, 5) is 10.4. The van der Waals surface area contributed by atoms with E-state index in [1.807, 2.05) is 0 Å². The lowest BCUT2D eigenvalue weighted by Crippen LogP contribution is -2.51. The molecular weight excluding hydrogens is 149 g/mol. The lowest BCUT2D eigenvalue weighted by molar-refractivity contribution is -0.144. The Kier molecular flexibility index (Phi) is 3.45. The van der Waals surface area contributed by atoms with Crippen molar-refractivity contribution in [3.63, 3.8) is 0 Å². The predicted octanol–water partition coefficient (Wildman–Crippen LogP) is 0.784. The largest absolute Gasteiger partial charge is 0.480 e. The first-order chi connectivity index (χ1) is 4.92. The van der Waals surface area contributed by atoms with Crippen molar-refractivity contribution in [2.45, 2.75) is 25.8 Å². The van der Waals surface area contributed by atoms with Crippen LogP contribution in [0.15, 0.2) is 0 Å². The summed E-state index contributed by atoms with van der Waals surface area (Å²) in [6, 6.07) is 0. The Morgan fingerprint density at radius 1 is 1.73 bits per heavy atom. The maximum absolute atomic E-state index is 12.1. The van der Waals surface area contributed by atoms with Gasteiger partial charge in [0.1, 0.15) is 12.2 Å². The fourth-order valence-electron chi connectivity index (χ4n) is 0.928. The van der Waals surface area contributed by atoms with E-state index in [0.717, 1.165) is 0 Å². The van der Waals surface area contributed by atoms with Crippen LogP contribution in [0, 0.1) is 5.92 Å². The number of carboxylic acids is 1. The van der Waals surface area contributed by atoms with Crippen LogP contribution in [0.2, 0.25) is 0 Å². The van der Waals surface area contributed by atoms with Crippen molar-refractivity contribution in [1.29, 1.82) is 0 Å². The molecule has 0 aliphatic carbocycles. The molecule has 0 bridgehead atoms. The molecule has 0 saturated carbocycles. The lowest BCUT2D eigenvalue weighted by Gasteiger charge is -2.22. The third kappa shape index (κ3) is 2.84. The van der Waals surface area contributed by atoms with Gasteiger partial charge in [-0.1, -0.05) is 13.8 Å². The molecular formula is C7H14FNO2. The molecule has 0 aromatic rings. The van der Waals surface area contributed by atoms with E-state index in [2.05, 4.69) is 0 Å². The molecule has 0 heterocycles. The highest BCUT2D eigenvalue weighted by atomic mass is 19.1. The van der Waals surface area contributed by atoms with Crippen molar-refractivity contribution in [1.82, 2.24) is 0 Å². The quantitative estimate of drug-likeness (QED) is 0.643. The fourth-order valence-corrected chi connectivity index (χ4v) is 0.928. The van der Waals surface area contributed by atoms with Crippen molar-refractivity contribution in [3.05, 3.63) is 0 Å². The maximum Gasteiger partial charge on any atom is 0.326 e. The van der Waals surface area contributed by atoms with E-state index in [-0.39, 0.29) is 12.3 Å². The molecule has 0 unspecified atom stereocenters. The predicted molar refractivity (Wildman–Crippen MR) is 40.0 cm³/mol. The Labute approximate surface area is 65.4 Å². The van der Waals surface area contributed by atoms with Gasteiger partial charge >= 0.3 is 5.97 Å². The second-order valence-electron chi connectivity index (χ2n) is 3.19. The van der Waals surface area contributed by atoms with Gasteiger partial charge in [0, 0.05) is 0 Å². The molecule has 0 spiro atoms. The van der Waals surface area contributed by atoms with E-state index >= 15 is 0 Å². The highest BCUT2D eigenvalue weighted by Crippen LogP contribution is 2.14. The summed E-state index contributed by atoms with van der Waals surface area (Å²) in [6.45, 7) is 2.60. The Bertz CT molecular complexity index is 149. The number of hydrogen-bond donors (Lipinski definition) is 2. The summed E-state index contributed by atoms with van der Waals surface area (Å²) in [5.41, 5.74) is 3.58. The zero-order chi connectivity index (χ0) is 9.07. The topological polar surface area (TPSA) is 63.3 Å². The van der Waals surface area contributed by atoms with Crippen LogP contribution >= 0.6 is 0 Å². The first kappa shape index (κ1) is 10.4. The van der Waals surface area contributed by atoms with Crippen LogP contribution in [-0.2, 0) is 4.79 Å². The SMILES string of the molecule is CC(C)C[C@@](N)(CF)C(=O)O. The van der Waals surface area contributed by atoms with E-state index in [9.17, 15) is 9.18 Å². The second kappa shape index (κ2) is 3.67. The first-order valence-electron chi connectivity index (χ1n) is 3.50. The van der Waals surface area contributed by atoms with E-state index in [4.69, 9.17) is 10.8 Å². The monoisotopic (exact) mass is 163 g/mol. The van der Waals surface area contributed by atoms with E-state index in [1.165, 1.54) is 0 Å². The van der Waals surface area contributed by atoms with Gasteiger partial charge in [-0.2, -0.15) is 0 Å². The Balaban J connectivity index is 4.22. The number of hydrogen-bond acceptors (Lipinski definition) is 2. The van der Waals surface area contributed by atoms with E-state index in [0.29, 0.717) is 0 Å². The average Bonchev–Trinajstić information content (AvgIpc) is 1.86. The highest BCUT2D eigenvalue weighted by Gasteiger charge is 2.34. The summed E-state index contributed by atoms with van der Waals surface area (Å²) in [6.07, 6.45) is 0.166. The average molecular weight is 163 g/mol. The molecule has 0 aromatic carbocycles. The Morgan fingerprint density at radius 2 is 2.18 bits per heavy atom.